The van der Waals surface area contributed by atoms with Gasteiger partial charge in [-0.15, -0.1) is 0 Å². The van der Waals surface area contributed by atoms with Crippen LogP contribution in [0.15, 0.2) is 77.4 Å². The first-order chi connectivity index (χ1) is 14.7. The first-order valence-electron chi connectivity index (χ1n) is 10.6. The SMILES string of the molecule is O=C(CCc1ccco1)N1C2C=C(c3ccc(-c4ccccc4)c(F)c3)CC1CC2. The fraction of sp³-hybridized carbons (Fsp3) is 0.269. The molecule has 2 aliphatic heterocycles. The summed E-state index contributed by atoms with van der Waals surface area (Å²) in [6.45, 7) is 0. The van der Waals surface area contributed by atoms with Crippen molar-refractivity contribution < 1.29 is 13.6 Å². The average Bonchev–Trinajstić information content (AvgIpc) is 3.38. The number of carbonyl (C=O) groups is 1. The smallest absolute Gasteiger partial charge is 0.223 e. The molecule has 0 spiro atoms. The monoisotopic (exact) mass is 401 g/mol. The Balaban J connectivity index is 1.33. The maximum atomic E-state index is 14.8. The zero-order valence-corrected chi connectivity index (χ0v) is 16.8. The van der Waals surface area contributed by atoms with Crippen LogP contribution in [0.25, 0.3) is 16.7 Å². The van der Waals surface area contributed by atoms with Crippen LogP contribution in [0, 0.1) is 5.82 Å². The van der Waals surface area contributed by atoms with E-state index in [1.165, 1.54) is 0 Å². The first-order valence-corrected chi connectivity index (χ1v) is 10.6. The Hall–Kier alpha value is -3.14. The molecule has 0 radical (unpaired) electrons. The standard InChI is InChI=1S/C26H24FNO2/c27-25-17-19(8-12-24(25)18-5-2-1-3-6-18)20-15-21-9-10-22(16-20)28(21)26(29)13-11-23-7-4-14-30-23/h1-8,12,14-15,17,21-22H,9-11,13,16H2. The van der Waals surface area contributed by atoms with Crippen LogP contribution in [0.1, 0.15) is 37.0 Å². The van der Waals surface area contributed by atoms with Gasteiger partial charge in [-0.3, -0.25) is 4.79 Å². The second-order valence-corrected chi connectivity index (χ2v) is 8.14. The molecule has 3 heterocycles. The Kier molecular flexibility index (Phi) is 4.99. The van der Waals surface area contributed by atoms with E-state index >= 15 is 0 Å². The van der Waals surface area contributed by atoms with Crippen molar-refractivity contribution in [2.75, 3.05) is 0 Å². The molecule has 2 aromatic carbocycles. The summed E-state index contributed by atoms with van der Waals surface area (Å²) in [6.07, 6.45) is 7.67. The minimum absolute atomic E-state index is 0.111. The van der Waals surface area contributed by atoms with Crippen LogP contribution in [0.3, 0.4) is 0 Å². The van der Waals surface area contributed by atoms with Crippen molar-refractivity contribution in [3.05, 3.63) is 90.1 Å². The highest BCUT2D eigenvalue weighted by Crippen LogP contribution is 2.39. The molecule has 2 aliphatic rings. The van der Waals surface area contributed by atoms with Gasteiger partial charge < -0.3 is 9.32 Å². The number of carbonyl (C=O) groups excluding carboxylic acids is 1. The first kappa shape index (κ1) is 18.9. The molecule has 5 rings (SSSR count). The van der Waals surface area contributed by atoms with Gasteiger partial charge in [0.25, 0.3) is 0 Å². The number of aryl methyl sites for hydroxylation is 1. The molecule has 2 atom stereocenters. The van der Waals surface area contributed by atoms with E-state index in [1.807, 2.05) is 59.5 Å². The molecule has 0 N–H and O–H groups in total. The Morgan fingerprint density at radius 1 is 1.03 bits per heavy atom. The van der Waals surface area contributed by atoms with Crippen molar-refractivity contribution in [2.24, 2.45) is 0 Å². The number of rotatable bonds is 5. The van der Waals surface area contributed by atoms with E-state index in [4.69, 9.17) is 4.42 Å². The summed E-state index contributed by atoms with van der Waals surface area (Å²) in [6, 6.07) is 19.2. The van der Waals surface area contributed by atoms with E-state index in [2.05, 4.69) is 6.08 Å². The highest BCUT2D eigenvalue weighted by atomic mass is 19.1. The van der Waals surface area contributed by atoms with Gasteiger partial charge in [-0.05, 0) is 54.2 Å². The van der Waals surface area contributed by atoms with E-state index < -0.39 is 0 Å². The maximum absolute atomic E-state index is 14.8. The average molecular weight is 401 g/mol. The van der Waals surface area contributed by atoms with Crippen molar-refractivity contribution in [1.29, 1.82) is 0 Å². The summed E-state index contributed by atoms with van der Waals surface area (Å²) in [5.41, 5.74) is 3.57. The van der Waals surface area contributed by atoms with E-state index in [9.17, 15) is 9.18 Å². The van der Waals surface area contributed by atoms with Crippen molar-refractivity contribution >= 4 is 11.5 Å². The van der Waals surface area contributed by atoms with Crippen molar-refractivity contribution in [1.82, 2.24) is 4.90 Å². The van der Waals surface area contributed by atoms with Gasteiger partial charge >= 0.3 is 0 Å². The topological polar surface area (TPSA) is 33.5 Å². The van der Waals surface area contributed by atoms with Gasteiger partial charge in [-0.25, -0.2) is 4.39 Å². The van der Waals surface area contributed by atoms with E-state index in [1.54, 1.807) is 12.3 Å². The van der Waals surface area contributed by atoms with Gasteiger partial charge in [0.15, 0.2) is 0 Å². The lowest BCUT2D eigenvalue weighted by Crippen LogP contribution is -2.43. The van der Waals surface area contributed by atoms with Crippen LogP contribution < -0.4 is 0 Å². The summed E-state index contributed by atoms with van der Waals surface area (Å²) >= 11 is 0. The van der Waals surface area contributed by atoms with Gasteiger partial charge in [0.2, 0.25) is 5.91 Å². The highest BCUT2D eigenvalue weighted by Gasteiger charge is 2.39. The predicted molar refractivity (Wildman–Crippen MR) is 115 cm³/mol. The third-order valence-electron chi connectivity index (χ3n) is 6.27. The molecule has 1 fully saturated rings. The fourth-order valence-corrected chi connectivity index (χ4v) is 4.81. The van der Waals surface area contributed by atoms with Crippen LogP contribution >= 0.6 is 0 Å². The fourth-order valence-electron chi connectivity index (χ4n) is 4.81. The van der Waals surface area contributed by atoms with Crippen LogP contribution in [0.2, 0.25) is 0 Å². The van der Waals surface area contributed by atoms with Crippen LogP contribution in [-0.2, 0) is 11.2 Å². The second kappa shape index (κ2) is 7.94. The van der Waals surface area contributed by atoms with Crippen molar-refractivity contribution in [2.45, 2.75) is 44.2 Å². The Morgan fingerprint density at radius 3 is 2.63 bits per heavy atom. The number of hydrogen-bond acceptors (Lipinski definition) is 2. The molecule has 2 bridgehead atoms. The molecule has 3 nitrogen and oxygen atoms in total. The molecule has 0 aliphatic carbocycles. The highest BCUT2D eigenvalue weighted by molar-refractivity contribution is 5.80. The molecule has 1 saturated heterocycles. The van der Waals surface area contributed by atoms with Crippen LogP contribution in [-0.4, -0.2) is 22.9 Å². The van der Waals surface area contributed by atoms with Crippen LogP contribution in [0.5, 0.6) is 0 Å². The molecule has 4 heteroatoms. The third-order valence-corrected chi connectivity index (χ3v) is 6.27. The minimum Gasteiger partial charge on any atom is -0.469 e. The molecular weight excluding hydrogens is 377 g/mol. The molecule has 1 aromatic heterocycles. The van der Waals surface area contributed by atoms with Gasteiger partial charge in [-0.2, -0.15) is 0 Å². The number of fused-ring (bicyclic) bond motifs is 2. The largest absolute Gasteiger partial charge is 0.469 e. The number of halogens is 1. The van der Waals surface area contributed by atoms with Crippen LogP contribution in [0.4, 0.5) is 4.39 Å². The van der Waals surface area contributed by atoms with Gasteiger partial charge in [-0.1, -0.05) is 48.5 Å². The Morgan fingerprint density at radius 2 is 1.90 bits per heavy atom. The number of amides is 1. The molecule has 2 unspecified atom stereocenters. The van der Waals surface area contributed by atoms with E-state index in [0.29, 0.717) is 18.4 Å². The summed E-state index contributed by atoms with van der Waals surface area (Å²) in [4.78, 5) is 14.9. The lowest BCUT2D eigenvalue weighted by atomic mass is 9.92. The number of nitrogens with zero attached hydrogens (tertiary/aromatic N) is 1. The maximum Gasteiger partial charge on any atom is 0.223 e. The molecule has 0 saturated carbocycles. The molecule has 3 aromatic rings. The molecular formula is C26H24FNO2. The number of hydrogen-bond donors (Lipinski definition) is 0. The van der Waals surface area contributed by atoms with Crippen molar-refractivity contribution in [3.8, 4) is 11.1 Å². The summed E-state index contributed by atoms with van der Waals surface area (Å²) in [7, 11) is 0. The van der Waals surface area contributed by atoms with Crippen molar-refractivity contribution in [3.63, 3.8) is 0 Å². The Labute approximate surface area is 175 Å². The number of benzene rings is 2. The second-order valence-electron chi connectivity index (χ2n) is 8.14. The number of furan rings is 1. The molecule has 152 valence electrons. The predicted octanol–water partition coefficient (Wildman–Crippen LogP) is 5.87. The lowest BCUT2D eigenvalue weighted by Gasteiger charge is -2.34. The quantitative estimate of drug-likeness (QED) is 0.536. The van der Waals surface area contributed by atoms with E-state index in [0.717, 1.165) is 41.7 Å². The summed E-state index contributed by atoms with van der Waals surface area (Å²) in [5, 5.41) is 0. The lowest BCUT2D eigenvalue weighted by molar-refractivity contribution is -0.133. The normalized spacial score (nSPS) is 20.3. The molecule has 30 heavy (non-hydrogen) atoms. The summed E-state index contributed by atoms with van der Waals surface area (Å²) in [5.74, 6) is 0.821. The minimum atomic E-state index is -0.205. The zero-order chi connectivity index (χ0) is 20.5. The summed E-state index contributed by atoms with van der Waals surface area (Å²) < 4.78 is 20.2. The molecule has 1 amide bonds. The van der Waals surface area contributed by atoms with Gasteiger partial charge in [0.1, 0.15) is 11.6 Å². The third kappa shape index (κ3) is 3.58. The Bertz CT molecular complexity index is 1070. The van der Waals surface area contributed by atoms with Gasteiger partial charge in [0.05, 0.1) is 12.3 Å². The van der Waals surface area contributed by atoms with E-state index in [-0.39, 0.29) is 23.8 Å². The van der Waals surface area contributed by atoms with Gasteiger partial charge in [0, 0.05) is 24.4 Å². The zero-order valence-electron chi connectivity index (χ0n) is 16.8.